The average Bonchev–Trinajstić information content (AvgIpc) is 2.80. The van der Waals surface area contributed by atoms with Crippen molar-refractivity contribution in [3.8, 4) is 0 Å². The fourth-order valence-corrected chi connectivity index (χ4v) is 3.51. The first-order valence-electron chi connectivity index (χ1n) is 6.59. The number of thioether (sulfide) groups is 1. The Balaban J connectivity index is 2.10. The number of rotatable bonds is 2. The van der Waals surface area contributed by atoms with Gasteiger partial charge in [0.1, 0.15) is 0 Å². The van der Waals surface area contributed by atoms with Gasteiger partial charge in [-0.05, 0) is 36.8 Å². The Bertz CT molecular complexity index is 650. The van der Waals surface area contributed by atoms with E-state index in [0.717, 1.165) is 17.9 Å². The van der Waals surface area contributed by atoms with Gasteiger partial charge in [-0.1, -0.05) is 42.1 Å². The number of carbonyl (C=O) groups excluding carboxylic acids is 1. The summed E-state index contributed by atoms with van der Waals surface area (Å²) in [6, 6.07) is 10.5. The fraction of sp³-hybridized carbons (Fsp3) is 0.312. The third kappa shape index (κ3) is 2.23. The van der Waals surface area contributed by atoms with Crippen LogP contribution in [0.4, 0.5) is 5.69 Å². The van der Waals surface area contributed by atoms with Crippen molar-refractivity contribution in [2.75, 3.05) is 11.1 Å². The molecule has 0 saturated carbocycles. The van der Waals surface area contributed by atoms with E-state index in [-0.39, 0.29) is 11.2 Å². The first-order valence-corrected chi connectivity index (χ1v) is 7.57. The van der Waals surface area contributed by atoms with Gasteiger partial charge in [0.2, 0.25) is 5.12 Å². The summed E-state index contributed by atoms with van der Waals surface area (Å²) >= 11 is 1.44. The van der Waals surface area contributed by atoms with Crippen LogP contribution in [0, 0.1) is 13.8 Å². The number of hydrogen-bond donors (Lipinski definition) is 1. The summed E-state index contributed by atoms with van der Waals surface area (Å²) in [5.41, 5.74) is 3.62. The van der Waals surface area contributed by atoms with E-state index in [1.807, 2.05) is 6.07 Å². The van der Waals surface area contributed by atoms with Crippen LogP contribution in [0.15, 0.2) is 30.3 Å². The SMILES string of the molecule is Cc1cc2ccccc2c(NC2CCSC2=O)c1C. The molecule has 3 rings (SSSR count). The molecule has 1 atom stereocenters. The lowest BCUT2D eigenvalue weighted by Gasteiger charge is -2.18. The maximum atomic E-state index is 11.8. The van der Waals surface area contributed by atoms with Crippen LogP contribution in [0.5, 0.6) is 0 Å². The second-order valence-corrected chi connectivity index (χ2v) is 6.17. The molecule has 0 spiro atoms. The summed E-state index contributed by atoms with van der Waals surface area (Å²) in [7, 11) is 0. The Kier molecular flexibility index (Phi) is 3.23. The lowest BCUT2D eigenvalue weighted by molar-refractivity contribution is -0.111. The zero-order valence-corrected chi connectivity index (χ0v) is 12.0. The molecule has 3 heteroatoms. The third-order valence-corrected chi connectivity index (χ3v) is 4.83. The highest BCUT2D eigenvalue weighted by Gasteiger charge is 2.26. The van der Waals surface area contributed by atoms with Crippen LogP contribution in [0.1, 0.15) is 17.5 Å². The minimum absolute atomic E-state index is 0.0334. The number of fused-ring (bicyclic) bond motifs is 1. The lowest BCUT2D eigenvalue weighted by atomic mass is 9.99. The second kappa shape index (κ2) is 4.89. The van der Waals surface area contributed by atoms with Crippen molar-refractivity contribution in [2.24, 2.45) is 0 Å². The molecule has 19 heavy (non-hydrogen) atoms. The molecule has 1 unspecified atom stereocenters. The van der Waals surface area contributed by atoms with Crippen molar-refractivity contribution >= 4 is 33.3 Å². The second-order valence-electron chi connectivity index (χ2n) is 5.07. The molecule has 0 radical (unpaired) electrons. The maximum Gasteiger partial charge on any atom is 0.211 e. The number of anilines is 1. The molecule has 1 fully saturated rings. The van der Waals surface area contributed by atoms with Crippen molar-refractivity contribution in [1.82, 2.24) is 0 Å². The van der Waals surface area contributed by atoms with Gasteiger partial charge in [0.25, 0.3) is 0 Å². The molecule has 0 bridgehead atoms. The van der Waals surface area contributed by atoms with Gasteiger partial charge in [0.05, 0.1) is 6.04 Å². The van der Waals surface area contributed by atoms with E-state index >= 15 is 0 Å². The number of nitrogens with one attached hydrogen (secondary N) is 1. The number of aryl methyl sites for hydroxylation is 1. The molecule has 1 N–H and O–H groups in total. The van der Waals surface area contributed by atoms with Gasteiger partial charge >= 0.3 is 0 Å². The lowest BCUT2D eigenvalue weighted by Crippen LogP contribution is -2.23. The quantitative estimate of drug-likeness (QED) is 0.898. The molecule has 1 saturated heterocycles. The predicted octanol–water partition coefficient (Wildman–Crippen LogP) is 3.90. The maximum absolute atomic E-state index is 11.8. The highest BCUT2D eigenvalue weighted by atomic mass is 32.2. The minimum Gasteiger partial charge on any atom is -0.374 e. The Morgan fingerprint density at radius 1 is 1.26 bits per heavy atom. The molecule has 0 amide bonds. The number of benzene rings is 2. The third-order valence-electron chi connectivity index (χ3n) is 3.82. The Morgan fingerprint density at radius 3 is 2.79 bits per heavy atom. The van der Waals surface area contributed by atoms with Crippen LogP contribution in [0.3, 0.4) is 0 Å². The van der Waals surface area contributed by atoms with Crippen LogP contribution >= 0.6 is 11.8 Å². The van der Waals surface area contributed by atoms with Gasteiger partial charge in [-0.15, -0.1) is 0 Å². The molecule has 0 aliphatic carbocycles. The van der Waals surface area contributed by atoms with E-state index in [2.05, 4.69) is 43.4 Å². The van der Waals surface area contributed by atoms with Gasteiger partial charge in [-0.3, -0.25) is 4.79 Å². The first-order chi connectivity index (χ1) is 9.16. The summed E-state index contributed by atoms with van der Waals surface area (Å²) in [6.45, 7) is 4.24. The van der Waals surface area contributed by atoms with E-state index in [1.165, 1.54) is 33.7 Å². The van der Waals surface area contributed by atoms with Crippen LogP contribution in [-0.4, -0.2) is 16.9 Å². The highest BCUT2D eigenvalue weighted by molar-refractivity contribution is 8.14. The molecule has 98 valence electrons. The Hall–Kier alpha value is -1.48. The summed E-state index contributed by atoms with van der Waals surface area (Å²) < 4.78 is 0. The van der Waals surface area contributed by atoms with Crippen molar-refractivity contribution in [3.63, 3.8) is 0 Å². The van der Waals surface area contributed by atoms with Crippen molar-refractivity contribution < 1.29 is 4.79 Å². The molecular formula is C16H17NOS. The van der Waals surface area contributed by atoms with Crippen molar-refractivity contribution in [1.29, 1.82) is 0 Å². The largest absolute Gasteiger partial charge is 0.374 e. The van der Waals surface area contributed by atoms with Crippen molar-refractivity contribution in [2.45, 2.75) is 26.3 Å². The summed E-state index contributed by atoms with van der Waals surface area (Å²) in [5.74, 6) is 0.930. The van der Waals surface area contributed by atoms with Gasteiger partial charge in [-0.2, -0.15) is 0 Å². The normalized spacial score (nSPS) is 19.1. The molecule has 2 aromatic carbocycles. The van der Waals surface area contributed by atoms with Crippen LogP contribution in [0.2, 0.25) is 0 Å². The Morgan fingerprint density at radius 2 is 2.05 bits per heavy atom. The molecule has 1 aliphatic heterocycles. The topological polar surface area (TPSA) is 29.1 Å². The molecule has 0 aromatic heterocycles. The van der Waals surface area contributed by atoms with E-state index in [0.29, 0.717) is 0 Å². The van der Waals surface area contributed by atoms with Gasteiger partial charge in [0, 0.05) is 16.8 Å². The summed E-state index contributed by atoms with van der Waals surface area (Å²) in [6.07, 6.45) is 0.922. The summed E-state index contributed by atoms with van der Waals surface area (Å²) in [5, 5.41) is 6.17. The van der Waals surface area contributed by atoms with Gasteiger partial charge < -0.3 is 5.32 Å². The Labute approximate surface area is 117 Å². The molecular weight excluding hydrogens is 254 g/mol. The predicted molar refractivity (Wildman–Crippen MR) is 82.9 cm³/mol. The first kappa shape index (κ1) is 12.5. The van der Waals surface area contributed by atoms with E-state index in [1.54, 1.807) is 0 Å². The van der Waals surface area contributed by atoms with Crippen LogP contribution in [-0.2, 0) is 4.79 Å². The average molecular weight is 271 g/mol. The molecule has 2 aromatic rings. The smallest absolute Gasteiger partial charge is 0.211 e. The van der Waals surface area contributed by atoms with E-state index in [4.69, 9.17) is 0 Å². The number of carbonyl (C=O) groups is 1. The number of hydrogen-bond acceptors (Lipinski definition) is 3. The van der Waals surface area contributed by atoms with Crippen LogP contribution < -0.4 is 5.32 Å². The highest BCUT2D eigenvalue weighted by Crippen LogP contribution is 2.32. The van der Waals surface area contributed by atoms with Gasteiger partial charge in [-0.25, -0.2) is 0 Å². The van der Waals surface area contributed by atoms with E-state index < -0.39 is 0 Å². The fourth-order valence-electron chi connectivity index (χ4n) is 2.58. The molecule has 1 heterocycles. The standard InChI is InChI=1S/C16H17NOS/c1-10-9-12-5-3-4-6-13(12)15(11(10)2)17-14-7-8-19-16(14)18/h3-6,9,14,17H,7-8H2,1-2H3. The van der Waals surface area contributed by atoms with Crippen LogP contribution in [0.25, 0.3) is 10.8 Å². The van der Waals surface area contributed by atoms with E-state index in [9.17, 15) is 4.79 Å². The zero-order chi connectivity index (χ0) is 13.4. The zero-order valence-electron chi connectivity index (χ0n) is 11.2. The molecule has 1 aliphatic rings. The molecule has 2 nitrogen and oxygen atoms in total. The monoisotopic (exact) mass is 271 g/mol. The van der Waals surface area contributed by atoms with Crippen molar-refractivity contribution in [3.05, 3.63) is 41.5 Å². The minimum atomic E-state index is -0.0334. The van der Waals surface area contributed by atoms with Gasteiger partial charge in [0.15, 0.2) is 0 Å². The summed E-state index contributed by atoms with van der Waals surface area (Å²) in [4.78, 5) is 11.8.